The summed E-state index contributed by atoms with van der Waals surface area (Å²) in [7, 11) is 0. The van der Waals surface area contributed by atoms with Crippen molar-refractivity contribution in [2.45, 2.75) is 73.8 Å². The van der Waals surface area contributed by atoms with Gasteiger partial charge in [-0.25, -0.2) is 0 Å². The van der Waals surface area contributed by atoms with Crippen LogP contribution in [0.4, 0.5) is 0 Å². The summed E-state index contributed by atoms with van der Waals surface area (Å²) in [4.78, 5) is 54.3. The van der Waals surface area contributed by atoms with E-state index in [1.165, 1.54) is 19.4 Å². The number of carbonyl (C=O) groups excluding carboxylic acids is 4. The van der Waals surface area contributed by atoms with E-state index in [-0.39, 0.29) is 66.0 Å². The zero-order chi connectivity index (χ0) is 32.6. The molecule has 2 bridgehead atoms. The van der Waals surface area contributed by atoms with Crippen LogP contribution in [0.3, 0.4) is 0 Å². The Bertz CT molecular complexity index is 1520. The van der Waals surface area contributed by atoms with E-state index >= 15 is 0 Å². The van der Waals surface area contributed by atoms with Crippen molar-refractivity contribution in [2.24, 2.45) is 52.3 Å². The van der Waals surface area contributed by atoms with E-state index in [4.69, 9.17) is 9.47 Å². The lowest BCUT2D eigenvalue weighted by Crippen LogP contribution is -2.46. The first-order valence-corrected chi connectivity index (χ1v) is 16.5. The molecule has 2 saturated carbocycles. The van der Waals surface area contributed by atoms with Gasteiger partial charge in [-0.3, -0.25) is 24.1 Å². The Labute approximate surface area is 267 Å². The molecule has 3 heterocycles. The van der Waals surface area contributed by atoms with Crippen molar-refractivity contribution >= 4 is 23.4 Å². The number of hydrogen-bond acceptors (Lipinski definition) is 6. The number of ketones is 2. The monoisotopic (exact) mass is 613 g/mol. The van der Waals surface area contributed by atoms with Gasteiger partial charge in [0.25, 0.3) is 5.91 Å². The summed E-state index contributed by atoms with van der Waals surface area (Å²) in [5.74, 6) is -0.316. The van der Waals surface area contributed by atoms with Crippen LogP contribution < -0.4 is 4.74 Å². The van der Waals surface area contributed by atoms with Gasteiger partial charge in [-0.2, -0.15) is 0 Å². The van der Waals surface area contributed by atoms with Crippen LogP contribution in [0.1, 0.15) is 66.9 Å². The molecule has 3 aliphatic heterocycles. The first-order chi connectivity index (χ1) is 21.2. The van der Waals surface area contributed by atoms with Gasteiger partial charge in [0.15, 0.2) is 5.78 Å². The summed E-state index contributed by atoms with van der Waals surface area (Å²) in [6.45, 7) is 18.0. The van der Waals surface area contributed by atoms with E-state index in [9.17, 15) is 19.2 Å². The number of imide groups is 1. The summed E-state index contributed by atoms with van der Waals surface area (Å²) in [6.07, 6.45) is 6.41. The van der Waals surface area contributed by atoms with E-state index < -0.39 is 29.1 Å². The maximum atomic E-state index is 14.4. The lowest BCUT2D eigenvalue weighted by molar-refractivity contribution is -0.142. The number of benzene rings is 1. The summed E-state index contributed by atoms with van der Waals surface area (Å²) in [6, 6.07) is 7.89. The topological polar surface area (TPSA) is 90.0 Å². The molecule has 10 atom stereocenters. The maximum absolute atomic E-state index is 14.4. The first-order valence-electron chi connectivity index (χ1n) is 16.5. The Balaban J connectivity index is 1.69. The molecular weight excluding hydrogens is 566 g/mol. The summed E-state index contributed by atoms with van der Waals surface area (Å²) in [5, 5.41) is 0. The van der Waals surface area contributed by atoms with Gasteiger partial charge >= 0.3 is 0 Å². The molecule has 7 heteroatoms. The molecule has 0 radical (unpaired) electrons. The molecule has 10 unspecified atom stereocenters. The molecule has 0 N–H and O–H groups in total. The number of carbonyl (C=O) groups is 4. The smallest absolute Gasteiger partial charge is 0.261 e. The maximum Gasteiger partial charge on any atom is 0.261 e. The average molecular weight is 614 g/mol. The number of nitrogens with zero attached hydrogens (tertiary/aromatic N) is 1. The minimum absolute atomic E-state index is 0.0835. The Kier molecular flexibility index (Phi) is 7.77. The molecule has 1 aromatic rings. The van der Waals surface area contributed by atoms with E-state index in [0.29, 0.717) is 17.6 Å². The number of ether oxygens (including phenoxy) is 2. The van der Waals surface area contributed by atoms with Gasteiger partial charge in [0.05, 0.1) is 18.0 Å². The van der Waals surface area contributed by atoms with E-state index in [0.717, 1.165) is 29.1 Å². The van der Waals surface area contributed by atoms with Gasteiger partial charge in [0.2, 0.25) is 5.91 Å². The van der Waals surface area contributed by atoms with Crippen LogP contribution in [0.15, 0.2) is 59.9 Å². The summed E-state index contributed by atoms with van der Waals surface area (Å²) in [5.41, 5.74) is 1.66. The van der Waals surface area contributed by atoms with Crippen LogP contribution in [-0.2, 0) is 30.3 Å². The summed E-state index contributed by atoms with van der Waals surface area (Å²) >= 11 is 0. The second-order valence-electron chi connectivity index (χ2n) is 15.2. The number of hydrogen-bond donors (Lipinski definition) is 0. The normalized spacial score (nSPS) is 40.3. The van der Waals surface area contributed by atoms with Crippen LogP contribution >= 0.6 is 0 Å². The zero-order valence-corrected chi connectivity index (χ0v) is 27.7. The second kappa shape index (κ2) is 11.1. The quantitative estimate of drug-likeness (QED) is 0.283. The van der Waals surface area contributed by atoms with Gasteiger partial charge in [0.1, 0.15) is 30.0 Å². The zero-order valence-electron chi connectivity index (χ0n) is 27.7. The first kappa shape index (κ1) is 31.5. The highest BCUT2D eigenvalue weighted by molar-refractivity contribution is 6.16. The van der Waals surface area contributed by atoms with Crippen molar-refractivity contribution in [3.05, 3.63) is 65.5 Å². The number of rotatable bonds is 6. The van der Waals surface area contributed by atoms with Crippen molar-refractivity contribution in [3.8, 4) is 5.75 Å². The lowest BCUT2D eigenvalue weighted by Gasteiger charge is -2.50. The largest absolute Gasteiger partial charge is 0.490 e. The Morgan fingerprint density at radius 1 is 1.09 bits per heavy atom. The molecule has 1 saturated heterocycles. The van der Waals surface area contributed by atoms with Gasteiger partial charge in [-0.05, 0) is 80.9 Å². The fourth-order valence-corrected chi connectivity index (χ4v) is 10.5. The van der Waals surface area contributed by atoms with Crippen molar-refractivity contribution in [1.29, 1.82) is 0 Å². The molecule has 2 amide bonds. The summed E-state index contributed by atoms with van der Waals surface area (Å²) < 4.78 is 13.7. The third-order valence-electron chi connectivity index (χ3n) is 11.7. The standard InChI is InChI=1S/C38H47NO6/c1-9-37(7)17-22(4)30-29-32(37)33(44-19-24(6)41)28-27(35(42)39(36(28)43)18-23(5)40)15-25-10-12-26(13-11-25)45-34(29)31-21(3)14-20(2)16-38(30,31)8/h9-13,17,20-21,27,29-32,34H,1,14-16,18-19H2,2-8H3/b33-28-. The number of Topliss-reactive ketones (excluding diaryl/α,β-unsaturated/α-hetero) is 2. The third-order valence-corrected chi connectivity index (χ3v) is 11.7. The van der Waals surface area contributed by atoms with E-state index in [1.54, 1.807) is 0 Å². The van der Waals surface area contributed by atoms with Crippen LogP contribution in [0.25, 0.3) is 0 Å². The SMILES string of the molecule is C=CC1(C)C=C(C)C2C3C(Oc4ccc(cc4)CC4C(=O)N(CC(C)=O)C(=O)/C4=C(\OCC(C)=O)C31)C1C(C)CC(C)CC21C. The second-order valence-corrected chi connectivity index (χ2v) is 15.2. The van der Waals surface area contributed by atoms with Crippen molar-refractivity contribution in [1.82, 2.24) is 4.90 Å². The number of amides is 2. The molecule has 6 aliphatic rings. The average Bonchev–Trinajstić information content (AvgIpc) is 3.33. The fourth-order valence-electron chi connectivity index (χ4n) is 10.5. The molecule has 3 aliphatic carbocycles. The Morgan fingerprint density at radius 2 is 1.78 bits per heavy atom. The number of allylic oxidation sites excluding steroid dienone is 4. The van der Waals surface area contributed by atoms with Gasteiger partial charge in [-0.15, -0.1) is 6.58 Å². The molecule has 0 spiro atoms. The molecule has 7 nitrogen and oxygen atoms in total. The number of fused-ring (bicyclic) bond motifs is 4. The highest BCUT2D eigenvalue weighted by Crippen LogP contribution is 2.69. The van der Waals surface area contributed by atoms with Crippen LogP contribution in [0.5, 0.6) is 5.75 Å². The van der Waals surface area contributed by atoms with Crippen molar-refractivity contribution in [2.75, 3.05) is 13.2 Å². The Hall–Kier alpha value is -3.48. The van der Waals surface area contributed by atoms with E-state index in [1.807, 2.05) is 30.3 Å². The highest BCUT2D eigenvalue weighted by Gasteiger charge is 2.68. The third kappa shape index (κ3) is 4.92. The van der Waals surface area contributed by atoms with Gasteiger partial charge in [-0.1, -0.05) is 57.6 Å². The van der Waals surface area contributed by atoms with Gasteiger partial charge in [0, 0.05) is 23.2 Å². The highest BCUT2D eigenvalue weighted by atomic mass is 16.5. The molecular formula is C38H47NO6. The van der Waals surface area contributed by atoms with Crippen LogP contribution in [0.2, 0.25) is 0 Å². The van der Waals surface area contributed by atoms with E-state index in [2.05, 4.69) is 47.3 Å². The predicted octanol–water partition coefficient (Wildman–Crippen LogP) is 6.13. The lowest BCUT2D eigenvalue weighted by atomic mass is 9.54. The van der Waals surface area contributed by atoms with Crippen molar-refractivity contribution < 1.29 is 28.7 Å². The Morgan fingerprint density at radius 3 is 2.40 bits per heavy atom. The molecule has 240 valence electrons. The van der Waals surface area contributed by atoms with Crippen molar-refractivity contribution in [3.63, 3.8) is 0 Å². The minimum atomic E-state index is -0.846. The molecule has 45 heavy (non-hydrogen) atoms. The molecule has 1 aromatic carbocycles. The number of likely N-dealkylation sites (tertiary alicyclic amines) is 1. The molecule has 3 fully saturated rings. The van der Waals surface area contributed by atoms with Crippen LogP contribution in [0, 0.1) is 52.3 Å². The van der Waals surface area contributed by atoms with Gasteiger partial charge < -0.3 is 9.47 Å². The minimum Gasteiger partial charge on any atom is -0.490 e. The molecule has 0 aromatic heterocycles. The van der Waals surface area contributed by atoms with Crippen LogP contribution in [-0.4, -0.2) is 47.5 Å². The fraction of sp³-hybridized carbons (Fsp3) is 0.579. The predicted molar refractivity (Wildman–Crippen MR) is 171 cm³/mol. The molecule has 7 rings (SSSR count).